The van der Waals surface area contributed by atoms with Crippen LogP contribution in [0.25, 0.3) is 0 Å². The van der Waals surface area contributed by atoms with Gasteiger partial charge in [0.25, 0.3) is 0 Å². The van der Waals surface area contributed by atoms with Crippen LogP contribution in [0.1, 0.15) is 36.2 Å². The number of fused-ring (bicyclic) bond motifs is 1. The maximum atomic E-state index is 12.1. The van der Waals surface area contributed by atoms with Crippen LogP contribution in [-0.4, -0.2) is 24.4 Å². The third kappa shape index (κ3) is 2.51. The molecule has 1 aliphatic rings. The highest BCUT2D eigenvalue weighted by molar-refractivity contribution is 6.05. The Labute approximate surface area is 118 Å². The van der Waals surface area contributed by atoms with E-state index in [-0.39, 0.29) is 30.6 Å². The summed E-state index contributed by atoms with van der Waals surface area (Å²) < 4.78 is 4.99. The molecule has 2 atom stereocenters. The predicted octanol–water partition coefficient (Wildman–Crippen LogP) is -2.29. The molecule has 0 amide bonds. The first-order valence-corrected chi connectivity index (χ1v) is 6.13. The Balaban J connectivity index is 0.00000180. The van der Waals surface area contributed by atoms with Gasteiger partial charge in [0.1, 0.15) is 0 Å². The summed E-state index contributed by atoms with van der Waals surface area (Å²) in [6.07, 6.45) is 0.192. The number of ether oxygens (including phenoxy) is 1. The smallest absolute Gasteiger partial charge is 0.306 e. The molecule has 1 aromatic rings. The van der Waals surface area contributed by atoms with Crippen molar-refractivity contribution in [2.24, 2.45) is 0 Å². The van der Waals surface area contributed by atoms with Crippen molar-refractivity contribution in [3.05, 3.63) is 35.4 Å². The van der Waals surface area contributed by atoms with Crippen LogP contribution < -0.4 is 18.1 Å². The molecule has 0 saturated carbocycles. The molecule has 0 heterocycles. The number of hydrogen-bond acceptors (Lipinski definition) is 3. The summed E-state index contributed by atoms with van der Waals surface area (Å²) in [5.41, 5.74) is 4.98. The Morgan fingerprint density at radius 1 is 1.42 bits per heavy atom. The normalized spacial score (nSPS) is 24.6. The molecule has 0 radical (unpaired) electrons. The monoisotopic (exact) mass is 283 g/mol. The van der Waals surface area contributed by atoms with E-state index < -0.39 is 11.5 Å². The van der Waals surface area contributed by atoms with Crippen molar-refractivity contribution in [3.8, 4) is 0 Å². The van der Waals surface area contributed by atoms with E-state index in [0.717, 1.165) is 5.56 Å². The molecule has 4 nitrogen and oxygen atoms in total. The molecule has 1 aliphatic carbocycles. The first kappa shape index (κ1) is 15.7. The Hall–Kier alpha value is -1.39. The Morgan fingerprint density at radius 3 is 2.68 bits per heavy atom. The van der Waals surface area contributed by atoms with E-state index in [0.29, 0.717) is 12.2 Å². The fourth-order valence-electron chi connectivity index (χ4n) is 2.59. The lowest BCUT2D eigenvalue weighted by Crippen LogP contribution is -3.00. The average Bonchev–Trinajstić information content (AvgIpc) is 2.53. The molecule has 19 heavy (non-hydrogen) atoms. The minimum atomic E-state index is -0.556. The number of carbonyl (C=O) groups excluding carboxylic acids is 2. The molecule has 0 aromatic heterocycles. The van der Waals surface area contributed by atoms with Crippen molar-refractivity contribution in [2.45, 2.75) is 31.7 Å². The molecular formula is C14H18ClNO3. The van der Waals surface area contributed by atoms with Crippen molar-refractivity contribution < 1.29 is 32.5 Å². The molecule has 0 bridgehead atoms. The molecule has 0 saturated heterocycles. The van der Waals surface area contributed by atoms with Gasteiger partial charge in [0.15, 0.2) is 6.04 Å². The van der Waals surface area contributed by atoms with Gasteiger partial charge in [-0.15, -0.1) is 0 Å². The molecule has 0 fully saturated rings. The highest BCUT2D eigenvalue weighted by Gasteiger charge is 2.51. The molecular weight excluding hydrogens is 266 g/mol. The number of esters is 1. The number of quaternary nitrogens is 1. The predicted molar refractivity (Wildman–Crippen MR) is 66.1 cm³/mol. The lowest BCUT2D eigenvalue weighted by atomic mass is 9.78. The Morgan fingerprint density at radius 2 is 2.05 bits per heavy atom. The Bertz CT molecular complexity index is 503. The summed E-state index contributed by atoms with van der Waals surface area (Å²) in [5.74, 6) is -0.268. The zero-order chi connectivity index (χ0) is 13.3. The number of benzene rings is 1. The van der Waals surface area contributed by atoms with Crippen molar-refractivity contribution in [1.82, 2.24) is 0 Å². The van der Waals surface area contributed by atoms with Gasteiger partial charge in [-0.2, -0.15) is 0 Å². The SMILES string of the molecule is CCOC(=O)CC1(C)c2ccccc2C(=O)C1[NH3+].[Cl-]. The van der Waals surface area contributed by atoms with Gasteiger partial charge >= 0.3 is 5.97 Å². The summed E-state index contributed by atoms with van der Waals surface area (Å²) in [6.45, 7) is 4.04. The fourth-order valence-corrected chi connectivity index (χ4v) is 2.59. The van der Waals surface area contributed by atoms with E-state index >= 15 is 0 Å². The highest BCUT2D eigenvalue weighted by Crippen LogP contribution is 2.39. The van der Waals surface area contributed by atoms with E-state index in [1.54, 1.807) is 13.0 Å². The topological polar surface area (TPSA) is 71.0 Å². The number of hydrogen-bond donors (Lipinski definition) is 1. The average molecular weight is 284 g/mol. The minimum Gasteiger partial charge on any atom is -1.00 e. The molecule has 2 rings (SSSR count). The van der Waals surface area contributed by atoms with Crippen molar-refractivity contribution in [2.75, 3.05) is 6.61 Å². The zero-order valence-electron chi connectivity index (χ0n) is 11.1. The second kappa shape index (κ2) is 5.72. The molecule has 5 heteroatoms. The largest absolute Gasteiger partial charge is 1.00 e. The fraction of sp³-hybridized carbons (Fsp3) is 0.429. The third-order valence-corrected chi connectivity index (χ3v) is 3.71. The van der Waals surface area contributed by atoms with Gasteiger partial charge in [0.05, 0.1) is 18.4 Å². The summed E-state index contributed by atoms with van der Waals surface area (Å²) in [6, 6.07) is 6.98. The molecule has 2 unspecified atom stereocenters. The minimum absolute atomic E-state index is 0. The molecule has 0 spiro atoms. The van der Waals surface area contributed by atoms with Crippen LogP contribution >= 0.6 is 0 Å². The van der Waals surface area contributed by atoms with Crippen LogP contribution in [-0.2, 0) is 14.9 Å². The highest BCUT2D eigenvalue weighted by atomic mass is 35.5. The number of Topliss-reactive ketones (excluding diaryl/α,β-unsaturated/α-hetero) is 1. The van der Waals surface area contributed by atoms with Crippen molar-refractivity contribution in [1.29, 1.82) is 0 Å². The lowest BCUT2D eigenvalue weighted by molar-refractivity contribution is -0.412. The van der Waals surface area contributed by atoms with Gasteiger partial charge in [0.2, 0.25) is 5.78 Å². The second-order valence-electron chi connectivity index (χ2n) is 4.86. The van der Waals surface area contributed by atoms with Gasteiger partial charge < -0.3 is 22.9 Å². The first-order valence-electron chi connectivity index (χ1n) is 6.13. The maximum Gasteiger partial charge on any atom is 0.306 e. The van der Waals surface area contributed by atoms with E-state index in [1.807, 2.05) is 25.1 Å². The maximum absolute atomic E-state index is 12.1. The van der Waals surface area contributed by atoms with E-state index in [1.165, 1.54) is 0 Å². The van der Waals surface area contributed by atoms with Crippen LogP contribution in [0.4, 0.5) is 0 Å². The van der Waals surface area contributed by atoms with Crippen molar-refractivity contribution >= 4 is 11.8 Å². The van der Waals surface area contributed by atoms with Gasteiger partial charge in [-0.05, 0) is 19.4 Å². The second-order valence-corrected chi connectivity index (χ2v) is 4.86. The van der Waals surface area contributed by atoms with Crippen molar-refractivity contribution in [3.63, 3.8) is 0 Å². The summed E-state index contributed by atoms with van der Waals surface area (Å²) in [7, 11) is 0. The van der Waals surface area contributed by atoms with Crippen LogP contribution in [0, 0.1) is 0 Å². The van der Waals surface area contributed by atoms with Gasteiger partial charge in [-0.1, -0.05) is 24.3 Å². The standard InChI is InChI=1S/C14H17NO3.ClH/c1-3-18-11(16)8-14(2)10-7-5-4-6-9(10)12(17)13(14)15;/h4-7,13H,3,8,15H2,1-2H3;1H. The van der Waals surface area contributed by atoms with Crippen LogP contribution in [0.3, 0.4) is 0 Å². The van der Waals surface area contributed by atoms with Crippen LogP contribution in [0.15, 0.2) is 24.3 Å². The summed E-state index contributed by atoms with van der Waals surface area (Å²) >= 11 is 0. The summed E-state index contributed by atoms with van der Waals surface area (Å²) in [4.78, 5) is 23.8. The number of ketones is 1. The van der Waals surface area contributed by atoms with Crippen LogP contribution in [0.5, 0.6) is 0 Å². The zero-order valence-corrected chi connectivity index (χ0v) is 11.9. The van der Waals surface area contributed by atoms with Gasteiger partial charge in [0, 0.05) is 5.56 Å². The van der Waals surface area contributed by atoms with Gasteiger partial charge in [-0.25, -0.2) is 0 Å². The molecule has 104 valence electrons. The molecule has 0 aliphatic heterocycles. The number of rotatable bonds is 3. The van der Waals surface area contributed by atoms with E-state index in [2.05, 4.69) is 5.73 Å². The summed E-state index contributed by atoms with van der Waals surface area (Å²) in [5, 5.41) is 0. The van der Waals surface area contributed by atoms with E-state index in [9.17, 15) is 9.59 Å². The number of halogens is 1. The Kier molecular flexibility index (Phi) is 4.71. The first-order chi connectivity index (χ1) is 8.50. The lowest BCUT2D eigenvalue weighted by Gasteiger charge is -2.25. The van der Waals surface area contributed by atoms with Gasteiger partial charge in [-0.3, -0.25) is 9.59 Å². The van der Waals surface area contributed by atoms with E-state index in [4.69, 9.17) is 4.74 Å². The van der Waals surface area contributed by atoms with Crippen LogP contribution in [0.2, 0.25) is 0 Å². The number of carbonyl (C=O) groups is 2. The molecule has 1 aromatic carbocycles. The third-order valence-electron chi connectivity index (χ3n) is 3.71. The molecule has 3 N–H and O–H groups in total. The quantitative estimate of drug-likeness (QED) is 0.635.